The topological polar surface area (TPSA) is 61.4 Å². The molecule has 0 spiro atoms. The van der Waals surface area contributed by atoms with E-state index < -0.39 is 5.82 Å². The number of benzene rings is 1. The summed E-state index contributed by atoms with van der Waals surface area (Å²) in [6.45, 7) is 4.36. The van der Waals surface area contributed by atoms with Crippen molar-refractivity contribution < 1.29 is 14.0 Å². The van der Waals surface area contributed by atoms with Crippen LogP contribution in [0.25, 0.3) is 0 Å². The van der Waals surface area contributed by atoms with Crippen LogP contribution in [-0.2, 0) is 4.79 Å². The van der Waals surface area contributed by atoms with Crippen molar-refractivity contribution in [2.75, 3.05) is 17.2 Å². The molecule has 5 nitrogen and oxygen atoms in total. The zero-order valence-electron chi connectivity index (χ0n) is 14.1. The highest BCUT2D eigenvalue weighted by atomic mass is 19.1. The first kappa shape index (κ1) is 18.0. The van der Waals surface area contributed by atoms with Crippen molar-refractivity contribution >= 4 is 23.3 Å². The van der Waals surface area contributed by atoms with E-state index in [0.717, 1.165) is 19.3 Å². The number of hydrogen-bond acceptors (Lipinski definition) is 2. The summed E-state index contributed by atoms with van der Waals surface area (Å²) >= 11 is 0. The first-order chi connectivity index (χ1) is 11.5. The van der Waals surface area contributed by atoms with Crippen LogP contribution in [0.3, 0.4) is 0 Å². The second kappa shape index (κ2) is 8.47. The molecule has 24 heavy (non-hydrogen) atoms. The van der Waals surface area contributed by atoms with E-state index >= 15 is 0 Å². The molecule has 0 bridgehead atoms. The second-order valence-electron chi connectivity index (χ2n) is 5.82. The number of amides is 3. The largest absolute Gasteiger partial charge is 0.326 e. The van der Waals surface area contributed by atoms with Gasteiger partial charge >= 0.3 is 6.03 Å². The molecule has 1 aromatic carbocycles. The van der Waals surface area contributed by atoms with E-state index in [1.54, 1.807) is 11.8 Å². The Hall–Kier alpha value is -2.37. The van der Waals surface area contributed by atoms with Crippen LogP contribution >= 0.6 is 0 Å². The lowest BCUT2D eigenvalue weighted by atomic mass is 10.1. The predicted molar refractivity (Wildman–Crippen MR) is 93.5 cm³/mol. The highest BCUT2D eigenvalue weighted by Crippen LogP contribution is 2.22. The van der Waals surface area contributed by atoms with E-state index in [9.17, 15) is 14.0 Å². The SMILES string of the molecule is CCCC[C@H]1C=CCN1C(=O)Nc1cc(NC(=O)CC)ccc1F. The average Bonchev–Trinajstić information content (AvgIpc) is 3.04. The molecule has 2 N–H and O–H groups in total. The fourth-order valence-electron chi connectivity index (χ4n) is 2.60. The molecule has 1 aliphatic rings. The Bertz CT molecular complexity index is 631. The highest BCUT2D eigenvalue weighted by molar-refractivity contribution is 5.93. The van der Waals surface area contributed by atoms with Crippen LogP contribution in [-0.4, -0.2) is 29.4 Å². The van der Waals surface area contributed by atoms with Crippen LogP contribution in [0.15, 0.2) is 30.4 Å². The van der Waals surface area contributed by atoms with Crippen molar-refractivity contribution in [2.24, 2.45) is 0 Å². The van der Waals surface area contributed by atoms with Crippen molar-refractivity contribution in [2.45, 2.75) is 45.6 Å². The summed E-state index contributed by atoms with van der Waals surface area (Å²) in [7, 11) is 0. The van der Waals surface area contributed by atoms with Gasteiger partial charge in [0.05, 0.1) is 11.7 Å². The van der Waals surface area contributed by atoms with Crippen molar-refractivity contribution in [1.82, 2.24) is 4.90 Å². The maximum Gasteiger partial charge on any atom is 0.322 e. The highest BCUT2D eigenvalue weighted by Gasteiger charge is 2.24. The summed E-state index contributed by atoms with van der Waals surface area (Å²) in [6, 6.07) is 3.86. The molecule has 0 saturated carbocycles. The molecule has 130 valence electrons. The maximum atomic E-state index is 14.0. The third-order valence-electron chi connectivity index (χ3n) is 3.99. The van der Waals surface area contributed by atoms with Crippen molar-refractivity contribution in [3.63, 3.8) is 0 Å². The fourth-order valence-corrected chi connectivity index (χ4v) is 2.60. The van der Waals surface area contributed by atoms with Gasteiger partial charge in [-0.25, -0.2) is 9.18 Å². The molecule has 3 amide bonds. The first-order valence-corrected chi connectivity index (χ1v) is 8.38. The standard InChI is InChI=1S/C18H24FN3O2/c1-3-5-7-14-8-6-11-22(14)18(24)21-16-12-13(9-10-15(16)19)20-17(23)4-2/h6,8-10,12,14H,3-5,7,11H2,1-2H3,(H,20,23)(H,21,24)/t14-/m0/s1. The molecule has 0 aromatic heterocycles. The Morgan fingerprint density at radius 2 is 2.08 bits per heavy atom. The number of anilines is 2. The van der Waals surface area contributed by atoms with Gasteiger partial charge in [0.2, 0.25) is 5.91 Å². The van der Waals surface area contributed by atoms with Gasteiger partial charge in [-0.2, -0.15) is 0 Å². The lowest BCUT2D eigenvalue weighted by molar-refractivity contribution is -0.115. The molecule has 0 unspecified atom stereocenters. The van der Waals surface area contributed by atoms with E-state index in [4.69, 9.17) is 0 Å². The van der Waals surface area contributed by atoms with Crippen LogP contribution in [0, 0.1) is 5.82 Å². The lowest BCUT2D eigenvalue weighted by Crippen LogP contribution is -2.39. The molecule has 2 rings (SSSR count). The van der Waals surface area contributed by atoms with Crippen molar-refractivity contribution in [1.29, 1.82) is 0 Å². The quantitative estimate of drug-likeness (QED) is 0.769. The van der Waals surface area contributed by atoms with Crippen LogP contribution < -0.4 is 10.6 Å². The molecule has 0 saturated heterocycles. The monoisotopic (exact) mass is 333 g/mol. The Morgan fingerprint density at radius 1 is 1.29 bits per heavy atom. The summed E-state index contributed by atoms with van der Waals surface area (Å²) in [4.78, 5) is 25.6. The summed E-state index contributed by atoms with van der Waals surface area (Å²) < 4.78 is 14.0. The molecule has 0 aliphatic carbocycles. The third kappa shape index (κ3) is 4.57. The van der Waals surface area contributed by atoms with Gasteiger partial charge in [-0.3, -0.25) is 4.79 Å². The van der Waals surface area contributed by atoms with E-state index in [1.165, 1.54) is 18.2 Å². The van der Waals surface area contributed by atoms with E-state index in [-0.39, 0.29) is 23.7 Å². The van der Waals surface area contributed by atoms with E-state index in [0.29, 0.717) is 18.7 Å². The number of carbonyl (C=O) groups is 2. The number of carbonyl (C=O) groups excluding carboxylic acids is 2. The Morgan fingerprint density at radius 3 is 2.79 bits per heavy atom. The van der Waals surface area contributed by atoms with Gasteiger partial charge in [0.1, 0.15) is 5.82 Å². The van der Waals surface area contributed by atoms with E-state index in [2.05, 4.69) is 17.6 Å². The van der Waals surface area contributed by atoms with Crippen LogP contribution in [0.5, 0.6) is 0 Å². The zero-order chi connectivity index (χ0) is 17.5. The summed E-state index contributed by atoms with van der Waals surface area (Å²) in [5, 5.41) is 5.27. The van der Waals surface area contributed by atoms with Gasteiger partial charge in [0.25, 0.3) is 0 Å². The maximum absolute atomic E-state index is 14.0. The van der Waals surface area contributed by atoms with Crippen molar-refractivity contribution in [3.8, 4) is 0 Å². The van der Waals surface area contributed by atoms with Gasteiger partial charge in [0.15, 0.2) is 0 Å². The fraction of sp³-hybridized carbons (Fsp3) is 0.444. The summed E-state index contributed by atoms with van der Waals surface area (Å²) in [5.41, 5.74) is 0.524. The van der Waals surface area contributed by atoms with Gasteiger partial charge in [-0.1, -0.05) is 38.8 Å². The smallest absolute Gasteiger partial charge is 0.322 e. The summed E-state index contributed by atoms with van der Waals surface area (Å²) in [6.07, 6.45) is 7.30. The first-order valence-electron chi connectivity index (χ1n) is 8.38. The minimum Gasteiger partial charge on any atom is -0.326 e. The van der Waals surface area contributed by atoms with Crippen LogP contribution in [0.4, 0.5) is 20.6 Å². The van der Waals surface area contributed by atoms with E-state index in [1.807, 2.05) is 12.2 Å². The van der Waals surface area contributed by atoms with Gasteiger partial charge < -0.3 is 15.5 Å². The van der Waals surface area contributed by atoms with Gasteiger partial charge in [-0.15, -0.1) is 0 Å². The number of urea groups is 1. The minimum absolute atomic E-state index is 0.0518. The number of hydrogen-bond donors (Lipinski definition) is 2. The normalized spacial score (nSPS) is 16.3. The molecule has 1 heterocycles. The summed E-state index contributed by atoms with van der Waals surface area (Å²) in [5.74, 6) is -0.697. The zero-order valence-corrected chi connectivity index (χ0v) is 14.1. The van der Waals surface area contributed by atoms with Gasteiger partial charge in [0, 0.05) is 18.7 Å². The Kier molecular flexibility index (Phi) is 6.35. The second-order valence-corrected chi connectivity index (χ2v) is 5.82. The Balaban J connectivity index is 2.05. The predicted octanol–water partition coefficient (Wildman–Crippen LogP) is 4.14. The molecule has 1 atom stereocenters. The third-order valence-corrected chi connectivity index (χ3v) is 3.99. The minimum atomic E-state index is -0.532. The molecule has 1 aromatic rings. The average molecular weight is 333 g/mol. The number of halogens is 1. The molecule has 0 fully saturated rings. The number of nitrogens with one attached hydrogen (secondary N) is 2. The van der Waals surface area contributed by atoms with Crippen molar-refractivity contribution in [3.05, 3.63) is 36.2 Å². The molecule has 6 heteroatoms. The number of nitrogens with zero attached hydrogens (tertiary/aromatic N) is 1. The molecular weight excluding hydrogens is 309 g/mol. The molecule has 0 radical (unpaired) electrons. The van der Waals surface area contributed by atoms with Crippen LogP contribution in [0.2, 0.25) is 0 Å². The lowest BCUT2D eigenvalue weighted by Gasteiger charge is -2.25. The van der Waals surface area contributed by atoms with Gasteiger partial charge in [-0.05, 0) is 24.6 Å². The molecule has 1 aliphatic heterocycles. The number of rotatable bonds is 6. The number of unbranched alkanes of at least 4 members (excludes halogenated alkanes) is 1. The van der Waals surface area contributed by atoms with Crippen LogP contribution in [0.1, 0.15) is 39.5 Å². The molecular formula is C18H24FN3O2. The Labute approximate surface area is 141 Å².